The van der Waals surface area contributed by atoms with E-state index in [9.17, 15) is 8.42 Å². The molecule has 0 amide bonds. The monoisotopic (exact) mass is 318 g/mol. The van der Waals surface area contributed by atoms with Crippen molar-refractivity contribution in [3.05, 3.63) is 58.7 Å². The fourth-order valence-electron chi connectivity index (χ4n) is 1.83. The zero-order chi connectivity index (χ0) is 16.8. The van der Waals surface area contributed by atoms with Crippen LogP contribution >= 0.6 is 0 Å². The molecular formula is C19H26O2S. The third-order valence-electron chi connectivity index (χ3n) is 3.41. The fourth-order valence-corrected chi connectivity index (χ4v) is 2.76. The van der Waals surface area contributed by atoms with Gasteiger partial charge in [-0.1, -0.05) is 43.2 Å². The molecule has 0 N–H and O–H groups in total. The van der Waals surface area contributed by atoms with Gasteiger partial charge in [-0.05, 0) is 57.2 Å². The second-order valence-corrected chi connectivity index (χ2v) is 8.50. The lowest BCUT2D eigenvalue weighted by Gasteiger charge is -2.20. The molecule has 0 saturated carbocycles. The van der Waals surface area contributed by atoms with E-state index < -0.39 is 9.84 Å². The first-order valence-electron chi connectivity index (χ1n) is 7.48. The van der Waals surface area contributed by atoms with Gasteiger partial charge in [0.2, 0.25) is 9.84 Å². The van der Waals surface area contributed by atoms with Gasteiger partial charge in [-0.3, -0.25) is 0 Å². The molecule has 0 aromatic heterocycles. The third-order valence-corrected chi connectivity index (χ3v) is 4.78. The summed E-state index contributed by atoms with van der Waals surface area (Å²) in [6, 6.07) is 6.85. The number of hydrogen-bond acceptors (Lipinski definition) is 2. The van der Waals surface area contributed by atoms with Crippen molar-refractivity contribution in [3.8, 4) is 0 Å². The van der Waals surface area contributed by atoms with E-state index in [4.69, 9.17) is 0 Å². The summed E-state index contributed by atoms with van der Waals surface area (Å²) in [4.78, 5) is 0.308. The van der Waals surface area contributed by atoms with Crippen LogP contribution in [-0.2, 0) is 9.84 Å². The van der Waals surface area contributed by atoms with E-state index in [-0.39, 0.29) is 5.41 Å². The summed E-state index contributed by atoms with van der Waals surface area (Å²) in [5.74, 6) is 0. The SMILES string of the molecule is CC(C)=CCC(C)(C)CC=C=CS(=O)(=O)c1ccc(C)cc1. The van der Waals surface area contributed by atoms with Crippen LogP contribution < -0.4 is 0 Å². The van der Waals surface area contributed by atoms with Crippen LogP contribution in [0.1, 0.15) is 46.1 Å². The molecule has 1 rings (SSSR count). The number of rotatable bonds is 6. The largest absolute Gasteiger partial charge is 0.218 e. The Hall–Kier alpha value is -1.57. The summed E-state index contributed by atoms with van der Waals surface area (Å²) < 4.78 is 24.3. The Kier molecular flexibility index (Phi) is 6.40. The van der Waals surface area contributed by atoms with Gasteiger partial charge in [0.15, 0.2) is 0 Å². The first kappa shape index (κ1) is 18.5. The van der Waals surface area contributed by atoms with E-state index in [1.54, 1.807) is 24.3 Å². The molecule has 0 radical (unpaired) electrons. The van der Waals surface area contributed by atoms with Gasteiger partial charge in [0, 0.05) is 0 Å². The number of benzene rings is 1. The maximum Gasteiger partial charge on any atom is 0.207 e. The van der Waals surface area contributed by atoms with Crippen molar-refractivity contribution in [2.75, 3.05) is 0 Å². The van der Waals surface area contributed by atoms with Crippen LogP contribution in [0.3, 0.4) is 0 Å². The van der Waals surface area contributed by atoms with E-state index in [0.717, 1.165) is 23.8 Å². The topological polar surface area (TPSA) is 34.1 Å². The minimum atomic E-state index is -3.40. The Morgan fingerprint density at radius 3 is 2.27 bits per heavy atom. The molecule has 0 atom stereocenters. The summed E-state index contributed by atoms with van der Waals surface area (Å²) in [7, 11) is -3.40. The molecule has 3 heteroatoms. The molecule has 0 aliphatic heterocycles. The van der Waals surface area contributed by atoms with Crippen LogP contribution in [0.15, 0.2) is 58.0 Å². The molecule has 2 nitrogen and oxygen atoms in total. The molecule has 0 heterocycles. The number of allylic oxidation sites excluding steroid dienone is 3. The van der Waals surface area contributed by atoms with Crippen LogP contribution in [0.2, 0.25) is 0 Å². The van der Waals surface area contributed by atoms with Crippen molar-refractivity contribution in [1.82, 2.24) is 0 Å². The van der Waals surface area contributed by atoms with Gasteiger partial charge in [0.25, 0.3) is 0 Å². The summed E-state index contributed by atoms with van der Waals surface area (Å²) in [6.45, 7) is 10.4. The van der Waals surface area contributed by atoms with Crippen LogP contribution in [0.4, 0.5) is 0 Å². The Morgan fingerprint density at radius 2 is 1.73 bits per heavy atom. The highest BCUT2D eigenvalue weighted by Gasteiger charge is 2.14. The molecule has 0 bridgehead atoms. The van der Waals surface area contributed by atoms with E-state index >= 15 is 0 Å². The van der Waals surface area contributed by atoms with E-state index in [1.165, 1.54) is 5.57 Å². The lowest BCUT2D eigenvalue weighted by Crippen LogP contribution is -2.08. The van der Waals surface area contributed by atoms with Crippen molar-refractivity contribution >= 4 is 9.84 Å². The second kappa shape index (κ2) is 7.62. The molecule has 1 aromatic rings. The average molecular weight is 318 g/mol. The molecule has 1 aromatic carbocycles. The zero-order valence-corrected chi connectivity index (χ0v) is 15.0. The number of aryl methyl sites for hydroxylation is 1. The molecule has 0 saturated heterocycles. The van der Waals surface area contributed by atoms with Gasteiger partial charge in [0.1, 0.15) is 0 Å². The molecule has 0 aliphatic rings. The van der Waals surface area contributed by atoms with Crippen LogP contribution in [-0.4, -0.2) is 8.42 Å². The predicted molar refractivity (Wildman–Crippen MR) is 93.5 cm³/mol. The minimum Gasteiger partial charge on any atom is -0.218 e. The maximum atomic E-state index is 12.1. The number of hydrogen-bond donors (Lipinski definition) is 0. The molecule has 0 fully saturated rings. The second-order valence-electron chi connectivity index (χ2n) is 6.70. The molecule has 120 valence electrons. The highest BCUT2D eigenvalue weighted by atomic mass is 32.2. The average Bonchev–Trinajstić information content (AvgIpc) is 2.42. The number of sulfone groups is 1. The van der Waals surface area contributed by atoms with Crippen LogP contribution in [0.5, 0.6) is 0 Å². The van der Waals surface area contributed by atoms with Gasteiger partial charge in [0.05, 0.1) is 10.3 Å². The Morgan fingerprint density at radius 1 is 1.14 bits per heavy atom. The Labute approximate surface area is 135 Å². The van der Waals surface area contributed by atoms with Crippen molar-refractivity contribution in [2.45, 2.75) is 52.4 Å². The molecule has 0 unspecified atom stereocenters. The van der Waals surface area contributed by atoms with Gasteiger partial charge >= 0.3 is 0 Å². The minimum absolute atomic E-state index is 0.103. The van der Waals surface area contributed by atoms with Crippen molar-refractivity contribution < 1.29 is 8.42 Å². The highest BCUT2D eigenvalue weighted by Crippen LogP contribution is 2.26. The van der Waals surface area contributed by atoms with E-state index in [2.05, 4.69) is 39.5 Å². The summed E-state index contributed by atoms with van der Waals surface area (Å²) in [5.41, 5.74) is 5.27. The summed E-state index contributed by atoms with van der Waals surface area (Å²) >= 11 is 0. The van der Waals surface area contributed by atoms with Gasteiger partial charge < -0.3 is 0 Å². The van der Waals surface area contributed by atoms with Crippen molar-refractivity contribution in [3.63, 3.8) is 0 Å². The Balaban J connectivity index is 2.78. The summed E-state index contributed by atoms with van der Waals surface area (Å²) in [6.07, 6.45) is 5.78. The van der Waals surface area contributed by atoms with Crippen LogP contribution in [0, 0.1) is 12.3 Å². The van der Waals surface area contributed by atoms with E-state index in [1.807, 2.05) is 13.0 Å². The smallest absolute Gasteiger partial charge is 0.207 e. The first-order chi connectivity index (χ1) is 10.1. The zero-order valence-electron chi connectivity index (χ0n) is 14.2. The van der Waals surface area contributed by atoms with E-state index in [0.29, 0.717) is 4.90 Å². The quantitative estimate of drug-likeness (QED) is 0.533. The standard InChI is InChI=1S/C19H26O2S/c1-16(2)12-14-19(4,5)13-6-7-15-22(20,21)18-10-8-17(3)9-11-18/h6,8-12,15H,13-14H2,1-5H3. The lowest BCUT2D eigenvalue weighted by molar-refractivity contribution is 0.376. The van der Waals surface area contributed by atoms with Gasteiger partial charge in [-0.15, -0.1) is 5.73 Å². The van der Waals surface area contributed by atoms with Crippen molar-refractivity contribution in [1.29, 1.82) is 0 Å². The predicted octanol–water partition coefficient (Wildman–Crippen LogP) is 5.21. The first-order valence-corrected chi connectivity index (χ1v) is 9.03. The molecule has 22 heavy (non-hydrogen) atoms. The highest BCUT2D eigenvalue weighted by molar-refractivity contribution is 7.94. The summed E-state index contributed by atoms with van der Waals surface area (Å²) in [5, 5.41) is 1.16. The molecule has 0 spiro atoms. The Bertz CT molecular complexity index is 679. The third kappa shape index (κ3) is 6.46. The van der Waals surface area contributed by atoms with Crippen LogP contribution in [0.25, 0.3) is 0 Å². The van der Waals surface area contributed by atoms with Gasteiger partial charge in [-0.2, -0.15) is 0 Å². The molecular weight excluding hydrogens is 292 g/mol. The molecule has 0 aliphatic carbocycles. The fraction of sp³-hybridized carbons (Fsp3) is 0.421. The lowest BCUT2D eigenvalue weighted by atomic mass is 9.85. The maximum absolute atomic E-state index is 12.1. The normalized spacial score (nSPS) is 11.5. The van der Waals surface area contributed by atoms with Gasteiger partial charge in [-0.25, -0.2) is 8.42 Å². The van der Waals surface area contributed by atoms with Crippen molar-refractivity contribution in [2.24, 2.45) is 5.41 Å².